The summed E-state index contributed by atoms with van der Waals surface area (Å²) in [5.41, 5.74) is 1.05. The Balaban J connectivity index is 3.13. The number of rotatable bonds is 6. The molecule has 0 aromatic heterocycles. The molecule has 0 aliphatic heterocycles. The van der Waals surface area contributed by atoms with Crippen molar-refractivity contribution in [2.24, 2.45) is 0 Å². The molecule has 1 aromatic carbocycles. The second-order valence-corrected chi connectivity index (χ2v) is 5.84. The molecule has 0 saturated heterocycles. The molecule has 0 aliphatic rings. The molecule has 0 spiro atoms. The lowest BCUT2D eigenvalue weighted by Gasteiger charge is -2.24. The van der Waals surface area contributed by atoms with Crippen LogP contribution in [-0.2, 0) is 14.2 Å². The number of hydrogen-bond acceptors (Lipinski definition) is 5. The average molecular weight is 411 g/mol. The molecule has 112 valence electrons. The quantitative estimate of drug-likeness (QED) is 0.575. The number of carbonyl (C=O) groups excluding carboxylic acids is 1. The van der Waals surface area contributed by atoms with Crippen LogP contribution in [0.3, 0.4) is 0 Å². The number of nitrogens with one attached hydrogen (secondary N) is 1. The highest BCUT2D eigenvalue weighted by atomic mass is 79.9. The molecule has 0 fully saturated rings. The highest BCUT2D eigenvalue weighted by Crippen LogP contribution is 2.32. The molecule has 1 N–H and O–H groups in total. The summed E-state index contributed by atoms with van der Waals surface area (Å²) in [6.07, 6.45) is -0.434. The fourth-order valence-electron chi connectivity index (χ4n) is 1.79. The van der Waals surface area contributed by atoms with Crippen molar-refractivity contribution in [3.05, 3.63) is 26.6 Å². The predicted molar refractivity (Wildman–Crippen MR) is 84.1 cm³/mol. The smallest absolute Gasteiger partial charge is 0.340 e. The van der Waals surface area contributed by atoms with Crippen molar-refractivity contribution in [3.8, 4) is 0 Å². The fraction of sp³-hybridized carbons (Fsp3) is 0.462. The Morgan fingerprint density at radius 1 is 1.20 bits per heavy atom. The molecule has 0 heterocycles. The topological polar surface area (TPSA) is 56.8 Å². The zero-order valence-electron chi connectivity index (χ0n) is 11.7. The van der Waals surface area contributed by atoms with Crippen LogP contribution in [0.25, 0.3) is 0 Å². The van der Waals surface area contributed by atoms with E-state index in [1.165, 1.54) is 7.11 Å². The molecule has 20 heavy (non-hydrogen) atoms. The van der Waals surface area contributed by atoms with Gasteiger partial charge in [-0.3, -0.25) is 0 Å². The van der Waals surface area contributed by atoms with Gasteiger partial charge in [0.25, 0.3) is 0 Å². The van der Waals surface area contributed by atoms with E-state index in [1.807, 2.05) is 13.0 Å². The maximum absolute atomic E-state index is 11.9. The van der Waals surface area contributed by atoms with Crippen molar-refractivity contribution in [1.29, 1.82) is 0 Å². The van der Waals surface area contributed by atoms with Crippen LogP contribution >= 0.6 is 31.9 Å². The van der Waals surface area contributed by atoms with Gasteiger partial charge < -0.3 is 19.5 Å². The monoisotopic (exact) mass is 409 g/mol. The number of halogens is 2. The molecule has 0 bridgehead atoms. The third-order valence-electron chi connectivity index (χ3n) is 2.71. The molecule has 1 rings (SSSR count). The summed E-state index contributed by atoms with van der Waals surface area (Å²) in [4.78, 5) is 11.9. The van der Waals surface area contributed by atoms with Gasteiger partial charge in [-0.25, -0.2) is 4.79 Å². The maximum Gasteiger partial charge on any atom is 0.340 e. The standard InChI is InChI=1S/C13H17Br2NO4/c1-7(13(19-3)20-4)16-11-9(12(17)18-2)5-8(14)6-10(11)15/h5-7,13,16H,1-4H3. The molecule has 1 atom stereocenters. The lowest BCUT2D eigenvalue weighted by molar-refractivity contribution is -0.109. The van der Waals surface area contributed by atoms with E-state index in [0.717, 1.165) is 8.95 Å². The third kappa shape index (κ3) is 4.18. The summed E-state index contributed by atoms with van der Waals surface area (Å²) in [5.74, 6) is -0.423. The third-order valence-corrected chi connectivity index (χ3v) is 3.79. The number of hydrogen-bond donors (Lipinski definition) is 1. The first-order chi connectivity index (χ1) is 9.44. The summed E-state index contributed by atoms with van der Waals surface area (Å²) in [7, 11) is 4.46. The average Bonchev–Trinajstić information content (AvgIpc) is 2.42. The van der Waals surface area contributed by atoms with Gasteiger partial charge in [0.05, 0.1) is 24.4 Å². The number of ether oxygens (including phenoxy) is 3. The van der Waals surface area contributed by atoms with Gasteiger partial charge in [-0.15, -0.1) is 0 Å². The van der Waals surface area contributed by atoms with Crippen LogP contribution in [0.1, 0.15) is 17.3 Å². The summed E-state index contributed by atoms with van der Waals surface area (Å²) >= 11 is 6.79. The Morgan fingerprint density at radius 3 is 2.30 bits per heavy atom. The second kappa shape index (κ2) is 7.97. The van der Waals surface area contributed by atoms with Crippen molar-refractivity contribution < 1.29 is 19.0 Å². The Morgan fingerprint density at radius 2 is 1.80 bits per heavy atom. The molecule has 1 aromatic rings. The van der Waals surface area contributed by atoms with Crippen LogP contribution in [-0.4, -0.2) is 39.6 Å². The van der Waals surface area contributed by atoms with Gasteiger partial charge >= 0.3 is 5.97 Å². The highest BCUT2D eigenvalue weighted by Gasteiger charge is 2.21. The summed E-state index contributed by atoms with van der Waals surface area (Å²) in [5, 5.41) is 3.20. The van der Waals surface area contributed by atoms with E-state index in [0.29, 0.717) is 11.3 Å². The predicted octanol–water partition coefficient (Wildman–Crippen LogP) is 3.42. The Kier molecular flexibility index (Phi) is 6.94. The number of anilines is 1. The highest BCUT2D eigenvalue weighted by molar-refractivity contribution is 9.11. The van der Waals surface area contributed by atoms with Crippen molar-refractivity contribution >= 4 is 43.5 Å². The second-order valence-electron chi connectivity index (χ2n) is 4.07. The van der Waals surface area contributed by atoms with Gasteiger partial charge in [0.1, 0.15) is 0 Å². The van der Waals surface area contributed by atoms with E-state index in [-0.39, 0.29) is 6.04 Å². The minimum absolute atomic E-state index is 0.161. The van der Waals surface area contributed by atoms with E-state index < -0.39 is 12.3 Å². The van der Waals surface area contributed by atoms with Crippen LogP contribution in [0.15, 0.2) is 21.1 Å². The van der Waals surface area contributed by atoms with E-state index >= 15 is 0 Å². The number of methoxy groups -OCH3 is 3. The minimum atomic E-state index is -0.434. The molecule has 7 heteroatoms. The maximum atomic E-state index is 11.9. The van der Waals surface area contributed by atoms with Crippen LogP contribution in [0, 0.1) is 0 Å². The first-order valence-electron chi connectivity index (χ1n) is 5.84. The number of benzene rings is 1. The van der Waals surface area contributed by atoms with E-state index in [4.69, 9.17) is 14.2 Å². The zero-order chi connectivity index (χ0) is 15.3. The van der Waals surface area contributed by atoms with Gasteiger partial charge in [0.15, 0.2) is 6.29 Å². The molecule has 0 amide bonds. The van der Waals surface area contributed by atoms with Crippen molar-refractivity contribution in [3.63, 3.8) is 0 Å². The largest absolute Gasteiger partial charge is 0.465 e. The Bertz CT molecular complexity index is 478. The molecule has 0 saturated carbocycles. The van der Waals surface area contributed by atoms with Crippen LogP contribution in [0.2, 0.25) is 0 Å². The molecular formula is C13H17Br2NO4. The Labute approximate surface area is 135 Å². The van der Waals surface area contributed by atoms with Gasteiger partial charge in [0.2, 0.25) is 0 Å². The van der Waals surface area contributed by atoms with Gasteiger partial charge in [-0.05, 0) is 35.0 Å². The van der Waals surface area contributed by atoms with Crippen molar-refractivity contribution in [1.82, 2.24) is 0 Å². The summed E-state index contributed by atoms with van der Waals surface area (Å²) < 4.78 is 16.7. The normalized spacial score (nSPS) is 12.3. The van der Waals surface area contributed by atoms with Crippen LogP contribution in [0.5, 0.6) is 0 Å². The molecular weight excluding hydrogens is 394 g/mol. The van der Waals surface area contributed by atoms with Crippen molar-refractivity contribution in [2.75, 3.05) is 26.6 Å². The summed E-state index contributed by atoms with van der Waals surface area (Å²) in [6.45, 7) is 1.90. The van der Waals surface area contributed by atoms with Gasteiger partial charge in [-0.1, -0.05) is 15.9 Å². The summed E-state index contributed by atoms with van der Waals surface area (Å²) in [6, 6.07) is 3.38. The van der Waals surface area contributed by atoms with E-state index in [2.05, 4.69) is 37.2 Å². The molecule has 0 aliphatic carbocycles. The molecule has 1 unspecified atom stereocenters. The zero-order valence-corrected chi connectivity index (χ0v) is 14.9. The van der Waals surface area contributed by atoms with Gasteiger partial charge in [-0.2, -0.15) is 0 Å². The Hall–Kier alpha value is -0.630. The number of carbonyl (C=O) groups is 1. The fourth-order valence-corrected chi connectivity index (χ4v) is 3.13. The van der Waals surface area contributed by atoms with Crippen LogP contribution in [0.4, 0.5) is 5.69 Å². The van der Waals surface area contributed by atoms with E-state index in [9.17, 15) is 4.79 Å². The molecule has 0 radical (unpaired) electrons. The minimum Gasteiger partial charge on any atom is -0.465 e. The van der Waals surface area contributed by atoms with Crippen molar-refractivity contribution in [2.45, 2.75) is 19.3 Å². The van der Waals surface area contributed by atoms with E-state index in [1.54, 1.807) is 20.3 Å². The first kappa shape index (κ1) is 17.4. The lowest BCUT2D eigenvalue weighted by atomic mass is 10.1. The number of esters is 1. The van der Waals surface area contributed by atoms with Crippen LogP contribution < -0.4 is 5.32 Å². The first-order valence-corrected chi connectivity index (χ1v) is 7.42. The lowest BCUT2D eigenvalue weighted by Crippen LogP contribution is -2.34. The molecule has 5 nitrogen and oxygen atoms in total. The SMILES string of the molecule is COC(=O)c1cc(Br)cc(Br)c1NC(C)C(OC)OC. The van der Waals surface area contributed by atoms with Gasteiger partial charge in [0, 0.05) is 23.2 Å².